The van der Waals surface area contributed by atoms with E-state index in [0.717, 1.165) is 11.1 Å². The van der Waals surface area contributed by atoms with Gasteiger partial charge in [-0.15, -0.1) is 5.10 Å². The van der Waals surface area contributed by atoms with Crippen LogP contribution in [0, 0.1) is 5.92 Å². The fourth-order valence-corrected chi connectivity index (χ4v) is 3.25. The maximum Gasteiger partial charge on any atom is 0.278 e. The first kappa shape index (κ1) is 17.5. The lowest BCUT2D eigenvalue weighted by Crippen LogP contribution is -2.36. The van der Waals surface area contributed by atoms with E-state index in [1.54, 1.807) is 24.3 Å². The lowest BCUT2D eigenvalue weighted by molar-refractivity contribution is -0.122. The standard InChI is InChI=1S/C18H24N4O3/c1-13-6-2-5-9-16(13)25-11-10-19-17(23)12-22-18(24)14-7-3-4-8-15(14)20-21-22/h3-4,7-8,13,16H,2,5-6,9-12H2,1H3,(H,19,23). The Balaban J connectivity index is 1.48. The maximum atomic E-state index is 12.3. The van der Waals surface area contributed by atoms with Gasteiger partial charge < -0.3 is 10.1 Å². The summed E-state index contributed by atoms with van der Waals surface area (Å²) < 4.78 is 6.95. The molecule has 25 heavy (non-hydrogen) atoms. The molecule has 2 unspecified atom stereocenters. The first-order chi connectivity index (χ1) is 12.1. The van der Waals surface area contributed by atoms with Crippen LogP contribution in [0.3, 0.4) is 0 Å². The van der Waals surface area contributed by atoms with E-state index >= 15 is 0 Å². The van der Waals surface area contributed by atoms with Crippen molar-refractivity contribution in [1.29, 1.82) is 0 Å². The minimum atomic E-state index is -0.312. The van der Waals surface area contributed by atoms with Crippen LogP contribution >= 0.6 is 0 Å². The number of fused-ring (bicyclic) bond motifs is 1. The molecule has 0 radical (unpaired) electrons. The summed E-state index contributed by atoms with van der Waals surface area (Å²) >= 11 is 0. The minimum absolute atomic E-state index is 0.142. The van der Waals surface area contributed by atoms with Gasteiger partial charge in [0.15, 0.2) is 0 Å². The molecule has 0 bridgehead atoms. The molecule has 1 aromatic carbocycles. The number of rotatable bonds is 6. The molecule has 0 spiro atoms. The fourth-order valence-electron chi connectivity index (χ4n) is 3.25. The Morgan fingerprint density at radius 1 is 1.32 bits per heavy atom. The number of amides is 1. The van der Waals surface area contributed by atoms with Gasteiger partial charge in [-0.2, -0.15) is 0 Å². The van der Waals surface area contributed by atoms with Crippen molar-refractivity contribution < 1.29 is 9.53 Å². The molecular weight excluding hydrogens is 320 g/mol. The molecule has 7 heteroatoms. The van der Waals surface area contributed by atoms with Gasteiger partial charge in [0.05, 0.1) is 18.1 Å². The third kappa shape index (κ3) is 4.42. The van der Waals surface area contributed by atoms with Crippen molar-refractivity contribution in [2.24, 2.45) is 5.92 Å². The maximum absolute atomic E-state index is 12.3. The second-order valence-corrected chi connectivity index (χ2v) is 6.59. The third-order valence-corrected chi connectivity index (χ3v) is 4.71. The van der Waals surface area contributed by atoms with E-state index in [4.69, 9.17) is 4.74 Å². The van der Waals surface area contributed by atoms with Crippen LogP contribution in [0.4, 0.5) is 0 Å². The van der Waals surface area contributed by atoms with Crippen LogP contribution in [-0.2, 0) is 16.1 Å². The Hall–Kier alpha value is -2.28. The molecular formula is C18H24N4O3. The molecule has 0 saturated heterocycles. The van der Waals surface area contributed by atoms with Gasteiger partial charge in [0, 0.05) is 6.54 Å². The van der Waals surface area contributed by atoms with Crippen molar-refractivity contribution >= 4 is 16.8 Å². The first-order valence-corrected chi connectivity index (χ1v) is 8.86. The Labute approximate surface area is 146 Å². The number of hydrogen-bond acceptors (Lipinski definition) is 5. The van der Waals surface area contributed by atoms with Gasteiger partial charge in [0.2, 0.25) is 5.91 Å². The Bertz CT molecular complexity index is 789. The zero-order valence-electron chi connectivity index (χ0n) is 14.5. The first-order valence-electron chi connectivity index (χ1n) is 8.86. The van der Waals surface area contributed by atoms with Crippen LogP contribution in [0.5, 0.6) is 0 Å². The van der Waals surface area contributed by atoms with Crippen molar-refractivity contribution in [2.75, 3.05) is 13.2 Å². The Morgan fingerprint density at radius 2 is 2.12 bits per heavy atom. The number of aromatic nitrogens is 3. The molecule has 3 rings (SSSR count). The highest BCUT2D eigenvalue weighted by Crippen LogP contribution is 2.25. The lowest BCUT2D eigenvalue weighted by atomic mass is 9.88. The van der Waals surface area contributed by atoms with Crippen molar-refractivity contribution in [3.8, 4) is 0 Å². The smallest absolute Gasteiger partial charge is 0.278 e. The predicted molar refractivity (Wildman–Crippen MR) is 94.2 cm³/mol. The van der Waals surface area contributed by atoms with Gasteiger partial charge in [0.1, 0.15) is 12.1 Å². The van der Waals surface area contributed by atoms with E-state index in [-0.39, 0.29) is 18.0 Å². The third-order valence-electron chi connectivity index (χ3n) is 4.71. The molecule has 1 saturated carbocycles. The molecule has 1 N–H and O–H groups in total. The van der Waals surface area contributed by atoms with Gasteiger partial charge in [-0.25, -0.2) is 4.68 Å². The van der Waals surface area contributed by atoms with E-state index in [2.05, 4.69) is 22.6 Å². The number of ether oxygens (including phenoxy) is 1. The summed E-state index contributed by atoms with van der Waals surface area (Å²) in [6.45, 7) is 2.99. The van der Waals surface area contributed by atoms with Gasteiger partial charge in [0.25, 0.3) is 5.56 Å². The van der Waals surface area contributed by atoms with Gasteiger partial charge in [-0.3, -0.25) is 9.59 Å². The number of nitrogens with one attached hydrogen (secondary N) is 1. The molecule has 2 atom stereocenters. The van der Waals surface area contributed by atoms with Crippen LogP contribution in [0.15, 0.2) is 29.1 Å². The summed E-state index contributed by atoms with van der Waals surface area (Å²) in [6.07, 6.45) is 5.08. The molecule has 7 nitrogen and oxygen atoms in total. The van der Waals surface area contributed by atoms with E-state index in [1.807, 2.05) is 0 Å². The minimum Gasteiger partial charge on any atom is -0.376 e. The number of hydrogen-bond donors (Lipinski definition) is 1. The molecule has 1 aliphatic carbocycles. The Morgan fingerprint density at radius 3 is 2.96 bits per heavy atom. The molecule has 1 aliphatic rings. The summed E-state index contributed by atoms with van der Waals surface area (Å²) in [6, 6.07) is 6.96. The monoisotopic (exact) mass is 344 g/mol. The second kappa shape index (κ2) is 8.20. The zero-order valence-corrected chi connectivity index (χ0v) is 14.5. The number of benzene rings is 1. The zero-order chi connectivity index (χ0) is 17.6. The van der Waals surface area contributed by atoms with E-state index in [9.17, 15) is 9.59 Å². The lowest BCUT2D eigenvalue weighted by Gasteiger charge is -2.28. The molecule has 0 aliphatic heterocycles. The average molecular weight is 344 g/mol. The average Bonchev–Trinajstić information content (AvgIpc) is 2.63. The van der Waals surface area contributed by atoms with Gasteiger partial charge in [-0.05, 0) is 30.9 Å². The van der Waals surface area contributed by atoms with Gasteiger partial charge >= 0.3 is 0 Å². The van der Waals surface area contributed by atoms with E-state index < -0.39 is 0 Å². The summed E-state index contributed by atoms with van der Waals surface area (Å²) in [4.78, 5) is 24.3. The number of carbonyl (C=O) groups excluding carboxylic acids is 1. The molecule has 1 amide bonds. The van der Waals surface area contributed by atoms with Gasteiger partial charge in [-0.1, -0.05) is 37.1 Å². The molecule has 1 fully saturated rings. The van der Waals surface area contributed by atoms with Crippen molar-refractivity contribution in [2.45, 2.75) is 45.3 Å². The summed E-state index contributed by atoms with van der Waals surface area (Å²) in [7, 11) is 0. The largest absolute Gasteiger partial charge is 0.376 e. The van der Waals surface area contributed by atoms with Crippen molar-refractivity contribution in [3.63, 3.8) is 0 Å². The topological polar surface area (TPSA) is 86.1 Å². The summed E-state index contributed by atoms with van der Waals surface area (Å²) in [5, 5.41) is 11.0. The Kier molecular flexibility index (Phi) is 5.75. The predicted octanol–water partition coefficient (Wildman–Crippen LogP) is 1.50. The van der Waals surface area contributed by atoms with Crippen molar-refractivity contribution in [1.82, 2.24) is 20.3 Å². The SMILES string of the molecule is CC1CCCCC1OCCNC(=O)Cn1nnc2ccccc2c1=O. The normalized spacial score (nSPS) is 20.5. The molecule has 134 valence electrons. The fraction of sp³-hybridized carbons (Fsp3) is 0.556. The highest BCUT2D eigenvalue weighted by molar-refractivity contribution is 5.78. The second-order valence-electron chi connectivity index (χ2n) is 6.59. The van der Waals surface area contributed by atoms with Crippen LogP contribution in [-0.4, -0.2) is 40.2 Å². The van der Waals surface area contributed by atoms with Crippen LogP contribution in [0.2, 0.25) is 0 Å². The highest BCUT2D eigenvalue weighted by Gasteiger charge is 2.21. The van der Waals surface area contributed by atoms with Crippen LogP contribution < -0.4 is 10.9 Å². The molecule has 2 aromatic rings. The highest BCUT2D eigenvalue weighted by atomic mass is 16.5. The van der Waals surface area contributed by atoms with Crippen LogP contribution in [0.1, 0.15) is 32.6 Å². The summed E-state index contributed by atoms with van der Waals surface area (Å²) in [5.74, 6) is 0.308. The van der Waals surface area contributed by atoms with Crippen LogP contribution in [0.25, 0.3) is 10.9 Å². The van der Waals surface area contributed by atoms with E-state index in [0.29, 0.717) is 36.1 Å². The molecule has 1 aromatic heterocycles. The molecule has 1 heterocycles. The van der Waals surface area contributed by atoms with Crippen molar-refractivity contribution in [3.05, 3.63) is 34.6 Å². The summed E-state index contributed by atoms with van der Waals surface area (Å²) in [5.41, 5.74) is 0.215. The number of carbonyl (C=O) groups is 1. The number of nitrogens with zero attached hydrogens (tertiary/aromatic N) is 3. The van der Waals surface area contributed by atoms with E-state index in [1.165, 1.54) is 19.3 Å². The quantitative estimate of drug-likeness (QED) is 0.803.